The zero-order chi connectivity index (χ0) is 21.6. The Bertz CT molecular complexity index is 1230. The second-order valence-corrected chi connectivity index (χ2v) is 8.05. The summed E-state index contributed by atoms with van der Waals surface area (Å²) >= 11 is 1.35. The monoisotopic (exact) mass is 433 g/mol. The first-order valence-corrected chi connectivity index (χ1v) is 11.0. The third kappa shape index (κ3) is 4.83. The lowest BCUT2D eigenvalue weighted by Gasteiger charge is -2.08. The number of carbonyl (C=O) groups is 1. The molecule has 158 valence electrons. The molecular formula is C24H23N3O3S. The van der Waals surface area contributed by atoms with Gasteiger partial charge in [-0.25, -0.2) is 4.98 Å². The fourth-order valence-corrected chi connectivity index (χ4v) is 4.38. The van der Waals surface area contributed by atoms with Crippen molar-refractivity contribution in [1.29, 1.82) is 0 Å². The maximum atomic E-state index is 12.9. The zero-order valence-electron chi connectivity index (χ0n) is 17.2. The van der Waals surface area contributed by atoms with Gasteiger partial charge in [-0.05, 0) is 36.1 Å². The number of aryl methyl sites for hydroxylation is 1. The number of ether oxygens (including phenoxy) is 1. The van der Waals surface area contributed by atoms with Gasteiger partial charge in [-0.2, -0.15) is 0 Å². The van der Waals surface area contributed by atoms with Crippen LogP contribution in [-0.2, 0) is 17.8 Å². The molecule has 7 heteroatoms. The Balaban J connectivity index is 1.41. The molecule has 4 rings (SSSR count). The van der Waals surface area contributed by atoms with E-state index in [9.17, 15) is 9.59 Å². The first-order chi connectivity index (χ1) is 15.2. The Labute approximate surface area is 184 Å². The van der Waals surface area contributed by atoms with Crippen LogP contribution in [0.15, 0.2) is 71.1 Å². The number of nitrogens with zero attached hydrogens (tertiary/aromatic N) is 2. The number of rotatable bonds is 8. The van der Waals surface area contributed by atoms with Gasteiger partial charge in [0, 0.05) is 17.5 Å². The maximum absolute atomic E-state index is 12.9. The molecule has 0 aliphatic rings. The predicted octanol–water partition coefficient (Wildman–Crippen LogP) is 3.88. The zero-order valence-corrected chi connectivity index (χ0v) is 18.0. The minimum atomic E-state index is -0.200. The number of benzene rings is 2. The summed E-state index contributed by atoms with van der Waals surface area (Å²) in [5.74, 6) is 0.580. The number of nitrogens with one attached hydrogen (secondary N) is 1. The van der Waals surface area contributed by atoms with Gasteiger partial charge in [0.05, 0.1) is 19.0 Å². The molecule has 1 N–H and O–H groups in total. The summed E-state index contributed by atoms with van der Waals surface area (Å²) in [4.78, 5) is 29.6. The maximum Gasteiger partial charge on any atom is 0.271 e. The lowest BCUT2D eigenvalue weighted by Crippen LogP contribution is -2.32. The van der Waals surface area contributed by atoms with Crippen LogP contribution in [0.5, 0.6) is 5.75 Å². The highest BCUT2D eigenvalue weighted by atomic mass is 32.1. The molecule has 0 spiro atoms. The molecule has 4 aromatic rings. The van der Waals surface area contributed by atoms with E-state index in [2.05, 4.69) is 22.4 Å². The van der Waals surface area contributed by atoms with E-state index in [1.165, 1.54) is 27.8 Å². The molecule has 0 saturated carbocycles. The van der Waals surface area contributed by atoms with Crippen LogP contribution in [0.4, 0.5) is 0 Å². The topological polar surface area (TPSA) is 73.2 Å². The quantitative estimate of drug-likeness (QED) is 0.428. The van der Waals surface area contributed by atoms with Crippen LogP contribution in [0.3, 0.4) is 0 Å². The van der Waals surface area contributed by atoms with E-state index >= 15 is 0 Å². The lowest BCUT2D eigenvalue weighted by atomic mass is 10.1. The van der Waals surface area contributed by atoms with Gasteiger partial charge in [-0.15, -0.1) is 11.3 Å². The van der Waals surface area contributed by atoms with Gasteiger partial charge in [-0.1, -0.05) is 42.5 Å². The van der Waals surface area contributed by atoms with Crippen LogP contribution in [0.1, 0.15) is 12.0 Å². The molecule has 31 heavy (non-hydrogen) atoms. The van der Waals surface area contributed by atoms with Gasteiger partial charge in [0.25, 0.3) is 5.56 Å². The fourth-order valence-electron chi connectivity index (χ4n) is 3.41. The van der Waals surface area contributed by atoms with Crippen LogP contribution >= 0.6 is 11.3 Å². The van der Waals surface area contributed by atoms with Gasteiger partial charge in [0.1, 0.15) is 17.0 Å². The second kappa shape index (κ2) is 9.57. The Morgan fingerprint density at radius 3 is 2.65 bits per heavy atom. The number of hydrogen-bond acceptors (Lipinski definition) is 5. The SMILES string of the molecule is COc1ccc(-c2csc3c(=O)n(CC(=O)NCCCc4ccccc4)cnc23)cc1. The van der Waals surface area contributed by atoms with Gasteiger partial charge in [0.15, 0.2) is 0 Å². The number of hydrogen-bond donors (Lipinski definition) is 1. The van der Waals surface area contributed by atoms with Crippen molar-refractivity contribution in [3.05, 3.63) is 82.2 Å². The number of thiophene rings is 1. The summed E-state index contributed by atoms with van der Waals surface area (Å²) in [5.41, 5.74) is 3.56. The third-order valence-corrected chi connectivity index (χ3v) is 6.03. The summed E-state index contributed by atoms with van der Waals surface area (Å²) in [6.45, 7) is 0.529. The van der Waals surface area contributed by atoms with E-state index in [4.69, 9.17) is 4.74 Å². The second-order valence-electron chi connectivity index (χ2n) is 7.17. The Kier molecular flexibility index (Phi) is 6.43. The van der Waals surface area contributed by atoms with E-state index in [-0.39, 0.29) is 18.0 Å². The molecule has 2 aromatic carbocycles. The lowest BCUT2D eigenvalue weighted by molar-refractivity contribution is -0.121. The van der Waals surface area contributed by atoms with Gasteiger partial charge >= 0.3 is 0 Å². The molecule has 0 saturated heterocycles. The molecule has 0 radical (unpaired) electrons. The third-order valence-electron chi connectivity index (χ3n) is 5.07. The van der Waals surface area contributed by atoms with Crippen molar-refractivity contribution in [2.75, 3.05) is 13.7 Å². The molecule has 0 fully saturated rings. The number of aromatic nitrogens is 2. The van der Waals surface area contributed by atoms with Crippen molar-refractivity contribution in [3.8, 4) is 16.9 Å². The van der Waals surface area contributed by atoms with E-state index < -0.39 is 0 Å². The van der Waals surface area contributed by atoms with Gasteiger partial charge < -0.3 is 10.1 Å². The molecule has 6 nitrogen and oxygen atoms in total. The van der Waals surface area contributed by atoms with Crippen LogP contribution in [0.2, 0.25) is 0 Å². The number of amides is 1. The molecule has 1 amide bonds. The van der Waals surface area contributed by atoms with E-state index in [0.29, 0.717) is 16.8 Å². The van der Waals surface area contributed by atoms with Crippen LogP contribution in [-0.4, -0.2) is 29.1 Å². The summed E-state index contributed by atoms with van der Waals surface area (Å²) in [7, 11) is 1.62. The highest BCUT2D eigenvalue weighted by molar-refractivity contribution is 7.17. The highest BCUT2D eigenvalue weighted by Gasteiger charge is 2.14. The number of carbonyl (C=O) groups excluding carboxylic acids is 1. The van der Waals surface area contributed by atoms with Crippen LogP contribution in [0.25, 0.3) is 21.3 Å². The summed E-state index contributed by atoms with van der Waals surface area (Å²) < 4.78 is 7.11. The van der Waals surface area contributed by atoms with Gasteiger partial charge in [0.2, 0.25) is 5.91 Å². The van der Waals surface area contributed by atoms with Crippen molar-refractivity contribution in [2.24, 2.45) is 0 Å². The Hall–Kier alpha value is -3.45. The molecule has 0 aliphatic carbocycles. The van der Waals surface area contributed by atoms with Gasteiger partial charge in [-0.3, -0.25) is 14.2 Å². The fraction of sp³-hybridized carbons (Fsp3) is 0.208. The largest absolute Gasteiger partial charge is 0.497 e. The number of methoxy groups -OCH3 is 1. The predicted molar refractivity (Wildman–Crippen MR) is 124 cm³/mol. The Morgan fingerprint density at radius 2 is 1.90 bits per heavy atom. The molecule has 0 aliphatic heterocycles. The van der Waals surface area contributed by atoms with Crippen molar-refractivity contribution in [3.63, 3.8) is 0 Å². The minimum Gasteiger partial charge on any atom is -0.497 e. The van der Waals surface area contributed by atoms with Crippen LogP contribution in [0, 0.1) is 0 Å². The van der Waals surface area contributed by atoms with Crippen molar-refractivity contribution < 1.29 is 9.53 Å². The molecule has 2 heterocycles. The number of fused-ring (bicyclic) bond motifs is 1. The van der Waals surface area contributed by atoms with Crippen molar-refractivity contribution >= 4 is 27.5 Å². The summed E-state index contributed by atoms with van der Waals surface area (Å²) in [5, 5.41) is 4.81. The highest BCUT2D eigenvalue weighted by Crippen LogP contribution is 2.31. The average Bonchev–Trinajstić information content (AvgIpc) is 3.24. The van der Waals surface area contributed by atoms with Crippen molar-refractivity contribution in [1.82, 2.24) is 14.9 Å². The molecule has 2 aromatic heterocycles. The smallest absolute Gasteiger partial charge is 0.271 e. The average molecular weight is 434 g/mol. The molecular weight excluding hydrogens is 410 g/mol. The van der Waals surface area contributed by atoms with Crippen molar-refractivity contribution in [2.45, 2.75) is 19.4 Å². The molecule has 0 unspecified atom stereocenters. The summed E-state index contributed by atoms with van der Waals surface area (Å²) in [6.07, 6.45) is 3.20. The minimum absolute atomic E-state index is 0.0388. The van der Waals surface area contributed by atoms with E-state index in [0.717, 1.165) is 29.7 Å². The van der Waals surface area contributed by atoms with Crippen LogP contribution < -0.4 is 15.6 Å². The first kappa shape index (κ1) is 20.8. The normalized spacial score (nSPS) is 10.9. The molecule has 0 bridgehead atoms. The van der Waals surface area contributed by atoms with E-state index in [1.54, 1.807) is 7.11 Å². The molecule has 0 atom stereocenters. The van der Waals surface area contributed by atoms with E-state index in [1.807, 2.05) is 47.8 Å². The summed E-state index contributed by atoms with van der Waals surface area (Å²) in [6, 6.07) is 17.8. The standard InChI is InChI=1S/C24H23N3O3S/c1-30-19-11-9-18(10-12-19)20-15-31-23-22(20)26-16-27(24(23)29)14-21(28)25-13-5-8-17-6-3-2-4-7-17/h2-4,6-7,9-12,15-16H,5,8,13-14H2,1H3,(H,25,28). The Morgan fingerprint density at radius 1 is 1.13 bits per heavy atom. The first-order valence-electron chi connectivity index (χ1n) is 10.1.